The molecule has 0 saturated carbocycles. The van der Waals surface area contributed by atoms with Crippen LogP contribution in [-0.4, -0.2) is 9.78 Å². The van der Waals surface area contributed by atoms with Gasteiger partial charge in [-0.1, -0.05) is 25.6 Å². The molecule has 0 radical (unpaired) electrons. The zero-order chi connectivity index (χ0) is 12.4. The molecule has 2 rings (SSSR count). The largest absolute Gasteiger partial charge is 0.297 e. The van der Waals surface area contributed by atoms with Crippen LogP contribution in [0.4, 0.5) is 4.39 Å². The van der Waals surface area contributed by atoms with E-state index in [0.717, 1.165) is 34.4 Å². The van der Waals surface area contributed by atoms with E-state index in [2.05, 4.69) is 12.0 Å². The molecule has 0 amide bonds. The molecular weight excluding hydrogens is 235 g/mol. The zero-order valence-electron chi connectivity index (χ0n) is 9.96. The van der Waals surface area contributed by atoms with E-state index in [-0.39, 0.29) is 5.82 Å². The van der Waals surface area contributed by atoms with Gasteiger partial charge in [0, 0.05) is 5.69 Å². The lowest BCUT2D eigenvalue weighted by Gasteiger charge is -2.07. The van der Waals surface area contributed by atoms with E-state index in [4.69, 9.17) is 12.2 Å². The summed E-state index contributed by atoms with van der Waals surface area (Å²) in [5.74, 6) is -0.224. The Bertz CT molecular complexity index is 583. The summed E-state index contributed by atoms with van der Waals surface area (Å²) in [6, 6.07) is 6.66. The van der Waals surface area contributed by atoms with Gasteiger partial charge in [-0.25, -0.2) is 9.07 Å². The number of hydrogen-bond donors (Lipinski definition) is 1. The van der Waals surface area contributed by atoms with Gasteiger partial charge in [0.05, 0.1) is 5.69 Å². The smallest absolute Gasteiger partial charge is 0.127 e. The maximum Gasteiger partial charge on any atom is 0.127 e. The van der Waals surface area contributed by atoms with Gasteiger partial charge in [0.25, 0.3) is 0 Å². The summed E-state index contributed by atoms with van der Waals surface area (Å²) >= 11 is 5.30. The van der Waals surface area contributed by atoms with E-state index < -0.39 is 0 Å². The Morgan fingerprint density at radius 3 is 2.76 bits per heavy atom. The number of aromatic amines is 1. The molecule has 90 valence electrons. The molecule has 0 spiro atoms. The molecule has 0 bridgehead atoms. The molecule has 0 aliphatic heterocycles. The number of aryl methyl sites for hydroxylation is 2. The summed E-state index contributed by atoms with van der Waals surface area (Å²) in [4.78, 5) is 0. The second-order valence-electron chi connectivity index (χ2n) is 4.14. The Morgan fingerprint density at radius 1 is 1.35 bits per heavy atom. The number of aromatic nitrogens is 2. The molecule has 0 atom stereocenters. The molecule has 2 aromatic rings. The van der Waals surface area contributed by atoms with Gasteiger partial charge < -0.3 is 0 Å². The first-order chi connectivity index (χ1) is 8.11. The summed E-state index contributed by atoms with van der Waals surface area (Å²) in [5.41, 5.74) is 2.88. The third kappa shape index (κ3) is 2.47. The predicted octanol–water partition coefficient (Wildman–Crippen LogP) is 3.93. The molecule has 1 aromatic heterocycles. The zero-order valence-corrected chi connectivity index (χ0v) is 10.8. The van der Waals surface area contributed by atoms with Crippen LogP contribution in [0.1, 0.15) is 24.6 Å². The van der Waals surface area contributed by atoms with Gasteiger partial charge in [-0.2, -0.15) is 0 Å². The lowest BCUT2D eigenvalue weighted by molar-refractivity contribution is 0.625. The molecule has 0 fully saturated rings. The van der Waals surface area contributed by atoms with Crippen LogP contribution in [0.3, 0.4) is 0 Å². The molecule has 17 heavy (non-hydrogen) atoms. The maximum absolute atomic E-state index is 13.0. The van der Waals surface area contributed by atoms with Gasteiger partial charge in [-0.3, -0.25) is 5.10 Å². The molecule has 0 aliphatic rings. The standard InChI is InChI=1S/C13H15FN2S/c1-3-4-11-8-13(17)16(15-11)12-6-5-10(14)7-9(12)2/h5-8,15H,3-4H2,1-2H3. The minimum absolute atomic E-state index is 0.224. The van der Waals surface area contributed by atoms with Gasteiger partial charge in [-0.15, -0.1) is 0 Å². The first-order valence-corrected chi connectivity index (χ1v) is 6.10. The minimum Gasteiger partial charge on any atom is -0.297 e. The number of benzene rings is 1. The van der Waals surface area contributed by atoms with Crippen LogP contribution in [0.15, 0.2) is 24.3 Å². The predicted molar refractivity (Wildman–Crippen MR) is 69.6 cm³/mol. The SMILES string of the molecule is CCCc1cc(=S)n(-c2ccc(F)cc2C)[nH]1. The van der Waals surface area contributed by atoms with Crippen LogP contribution in [0.2, 0.25) is 0 Å². The van der Waals surface area contributed by atoms with Crippen molar-refractivity contribution in [1.29, 1.82) is 0 Å². The Hall–Kier alpha value is -1.42. The fourth-order valence-electron chi connectivity index (χ4n) is 1.89. The molecule has 0 saturated heterocycles. The van der Waals surface area contributed by atoms with E-state index in [1.165, 1.54) is 12.1 Å². The number of H-pyrrole nitrogens is 1. The Kier molecular flexibility index (Phi) is 3.43. The number of rotatable bonds is 3. The van der Waals surface area contributed by atoms with Crippen LogP contribution >= 0.6 is 12.2 Å². The van der Waals surface area contributed by atoms with Crippen LogP contribution in [-0.2, 0) is 6.42 Å². The van der Waals surface area contributed by atoms with Crippen molar-refractivity contribution in [3.05, 3.63) is 46.0 Å². The summed E-state index contributed by atoms with van der Waals surface area (Å²) in [7, 11) is 0. The topological polar surface area (TPSA) is 20.7 Å². The van der Waals surface area contributed by atoms with Crippen molar-refractivity contribution >= 4 is 12.2 Å². The Balaban J connectivity index is 2.49. The highest BCUT2D eigenvalue weighted by Gasteiger charge is 2.05. The van der Waals surface area contributed by atoms with Crippen molar-refractivity contribution in [2.24, 2.45) is 0 Å². The second-order valence-corrected chi connectivity index (χ2v) is 4.55. The average molecular weight is 250 g/mol. The first-order valence-electron chi connectivity index (χ1n) is 5.69. The van der Waals surface area contributed by atoms with Crippen LogP contribution in [0, 0.1) is 17.4 Å². The lowest BCUT2D eigenvalue weighted by atomic mass is 10.2. The molecule has 2 nitrogen and oxygen atoms in total. The van der Waals surface area contributed by atoms with E-state index in [9.17, 15) is 4.39 Å². The molecule has 1 aromatic carbocycles. The highest BCUT2D eigenvalue weighted by molar-refractivity contribution is 7.71. The van der Waals surface area contributed by atoms with E-state index in [1.54, 1.807) is 6.07 Å². The van der Waals surface area contributed by atoms with Gasteiger partial charge >= 0.3 is 0 Å². The maximum atomic E-state index is 13.0. The number of nitrogens with zero attached hydrogens (tertiary/aromatic N) is 1. The molecule has 1 heterocycles. The number of nitrogens with one attached hydrogen (secondary N) is 1. The summed E-state index contributed by atoms with van der Waals surface area (Å²) < 4.78 is 15.6. The third-order valence-electron chi connectivity index (χ3n) is 2.69. The number of halogens is 1. The van der Waals surface area contributed by atoms with Crippen molar-refractivity contribution in [1.82, 2.24) is 9.78 Å². The normalized spacial score (nSPS) is 10.8. The van der Waals surface area contributed by atoms with Crippen molar-refractivity contribution in [3.8, 4) is 5.69 Å². The van der Waals surface area contributed by atoms with Gasteiger partial charge in [0.15, 0.2) is 0 Å². The molecule has 4 heteroatoms. The Morgan fingerprint density at radius 2 is 2.12 bits per heavy atom. The highest BCUT2D eigenvalue weighted by atomic mass is 32.1. The lowest BCUT2D eigenvalue weighted by Crippen LogP contribution is -2.00. The summed E-state index contributed by atoms with van der Waals surface area (Å²) in [6.45, 7) is 4.00. The van der Waals surface area contributed by atoms with Crippen LogP contribution < -0.4 is 0 Å². The first kappa shape index (κ1) is 12.0. The van der Waals surface area contributed by atoms with E-state index in [1.807, 2.05) is 17.7 Å². The average Bonchev–Trinajstić information content (AvgIpc) is 2.60. The van der Waals surface area contributed by atoms with Gasteiger partial charge in [-0.05, 0) is 43.2 Å². The Labute approximate surface area is 105 Å². The van der Waals surface area contributed by atoms with E-state index >= 15 is 0 Å². The quantitative estimate of drug-likeness (QED) is 0.818. The fraction of sp³-hybridized carbons (Fsp3) is 0.308. The molecule has 1 N–H and O–H groups in total. The van der Waals surface area contributed by atoms with Crippen molar-refractivity contribution in [2.45, 2.75) is 26.7 Å². The van der Waals surface area contributed by atoms with E-state index in [0.29, 0.717) is 0 Å². The van der Waals surface area contributed by atoms with Crippen molar-refractivity contribution in [2.75, 3.05) is 0 Å². The van der Waals surface area contributed by atoms with Crippen LogP contribution in [0.25, 0.3) is 5.69 Å². The summed E-state index contributed by atoms with van der Waals surface area (Å²) in [5, 5.41) is 3.25. The van der Waals surface area contributed by atoms with Gasteiger partial charge in [0.2, 0.25) is 0 Å². The third-order valence-corrected chi connectivity index (χ3v) is 2.99. The highest BCUT2D eigenvalue weighted by Crippen LogP contribution is 2.16. The minimum atomic E-state index is -0.224. The van der Waals surface area contributed by atoms with Gasteiger partial charge in [0.1, 0.15) is 10.5 Å². The molecular formula is C13H15FN2S. The molecule has 0 unspecified atom stereocenters. The van der Waals surface area contributed by atoms with Crippen molar-refractivity contribution < 1.29 is 4.39 Å². The van der Waals surface area contributed by atoms with Crippen molar-refractivity contribution in [3.63, 3.8) is 0 Å². The summed E-state index contributed by atoms with van der Waals surface area (Å²) in [6.07, 6.45) is 2.04. The second kappa shape index (κ2) is 4.84. The van der Waals surface area contributed by atoms with Crippen LogP contribution in [0.5, 0.6) is 0 Å². The molecule has 0 aliphatic carbocycles. The fourth-order valence-corrected chi connectivity index (χ4v) is 2.18. The monoisotopic (exact) mass is 250 g/mol. The number of hydrogen-bond acceptors (Lipinski definition) is 1.